The highest BCUT2D eigenvalue weighted by atomic mass is 15.1. The molecule has 1 aromatic rings. The quantitative estimate of drug-likeness (QED) is 0.674. The first-order chi connectivity index (χ1) is 6.95. The zero-order chi connectivity index (χ0) is 9.64. The monoisotopic (exact) mass is 194 g/mol. The molecule has 0 saturated carbocycles. The van der Waals surface area contributed by atoms with Crippen LogP contribution in [0.25, 0.3) is 0 Å². The summed E-state index contributed by atoms with van der Waals surface area (Å²) in [7, 11) is 0. The van der Waals surface area contributed by atoms with E-state index in [0.717, 1.165) is 18.8 Å². The molecule has 0 atom stereocenters. The van der Waals surface area contributed by atoms with Crippen LogP contribution in [0, 0.1) is 0 Å². The number of H-pyrrole nitrogens is 1. The van der Waals surface area contributed by atoms with E-state index in [1.54, 1.807) is 6.33 Å². The molecule has 0 aromatic carbocycles. The first-order valence-corrected chi connectivity index (χ1v) is 5.35. The van der Waals surface area contributed by atoms with Gasteiger partial charge in [0, 0.05) is 31.5 Å². The Morgan fingerprint density at radius 2 is 2.29 bits per heavy atom. The summed E-state index contributed by atoms with van der Waals surface area (Å²) in [5, 5.41) is 3.40. The molecule has 2 N–H and O–H groups in total. The Labute approximate surface area is 84.7 Å². The molecule has 0 amide bonds. The number of nitrogens with one attached hydrogen (secondary N) is 2. The van der Waals surface area contributed by atoms with E-state index in [0.29, 0.717) is 0 Å². The van der Waals surface area contributed by atoms with Gasteiger partial charge in [-0.25, -0.2) is 4.98 Å². The van der Waals surface area contributed by atoms with Crippen molar-refractivity contribution in [2.45, 2.75) is 19.4 Å². The molecule has 14 heavy (non-hydrogen) atoms. The molecular weight excluding hydrogens is 176 g/mol. The molecule has 0 unspecified atom stereocenters. The highest BCUT2D eigenvalue weighted by Crippen LogP contribution is 2.05. The van der Waals surface area contributed by atoms with Gasteiger partial charge in [0.1, 0.15) is 0 Å². The second kappa shape index (κ2) is 5.12. The van der Waals surface area contributed by atoms with Crippen LogP contribution >= 0.6 is 0 Å². The van der Waals surface area contributed by atoms with Crippen molar-refractivity contribution in [3.8, 4) is 0 Å². The van der Waals surface area contributed by atoms with E-state index in [1.165, 1.54) is 32.5 Å². The number of aromatic nitrogens is 2. The fourth-order valence-corrected chi connectivity index (χ4v) is 1.85. The average molecular weight is 194 g/mol. The molecule has 4 heteroatoms. The lowest BCUT2D eigenvalue weighted by Crippen LogP contribution is -2.29. The van der Waals surface area contributed by atoms with Crippen LogP contribution in [0.4, 0.5) is 0 Å². The van der Waals surface area contributed by atoms with Gasteiger partial charge in [0.2, 0.25) is 0 Å². The zero-order valence-electron chi connectivity index (χ0n) is 8.50. The van der Waals surface area contributed by atoms with Gasteiger partial charge in [0.15, 0.2) is 0 Å². The van der Waals surface area contributed by atoms with Crippen LogP contribution < -0.4 is 5.32 Å². The van der Waals surface area contributed by atoms with Gasteiger partial charge in [-0.3, -0.25) is 0 Å². The van der Waals surface area contributed by atoms with E-state index in [9.17, 15) is 0 Å². The number of nitrogens with zero attached hydrogens (tertiary/aromatic N) is 2. The lowest BCUT2D eigenvalue weighted by molar-refractivity contribution is 0.335. The Morgan fingerprint density at radius 1 is 1.43 bits per heavy atom. The Hall–Kier alpha value is -0.870. The molecule has 4 nitrogen and oxygen atoms in total. The van der Waals surface area contributed by atoms with Gasteiger partial charge in [-0.15, -0.1) is 0 Å². The molecular formula is C10H18N4. The van der Waals surface area contributed by atoms with Crippen molar-refractivity contribution in [3.63, 3.8) is 0 Å². The maximum atomic E-state index is 3.97. The van der Waals surface area contributed by atoms with Crippen molar-refractivity contribution in [1.29, 1.82) is 0 Å². The molecule has 0 spiro atoms. The SMILES string of the molecule is c1ncc(CNCCN2CCCC2)[nH]1. The maximum absolute atomic E-state index is 3.97. The van der Waals surface area contributed by atoms with Crippen LogP contribution in [0.3, 0.4) is 0 Å². The minimum absolute atomic E-state index is 0.897. The Kier molecular flexibility index (Phi) is 3.54. The number of aromatic amines is 1. The number of hydrogen-bond donors (Lipinski definition) is 2. The first-order valence-electron chi connectivity index (χ1n) is 5.35. The Morgan fingerprint density at radius 3 is 3.00 bits per heavy atom. The van der Waals surface area contributed by atoms with E-state index < -0.39 is 0 Å². The van der Waals surface area contributed by atoms with E-state index in [-0.39, 0.29) is 0 Å². The molecule has 1 saturated heterocycles. The molecule has 78 valence electrons. The van der Waals surface area contributed by atoms with E-state index in [4.69, 9.17) is 0 Å². The molecule has 1 aliphatic heterocycles. The largest absolute Gasteiger partial charge is 0.347 e. The van der Waals surface area contributed by atoms with Crippen LogP contribution in [0.5, 0.6) is 0 Å². The van der Waals surface area contributed by atoms with Crippen LogP contribution in [0.15, 0.2) is 12.5 Å². The van der Waals surface area contributed by atoms with Crippen LogP contribution in [-0.2, 0) is 6.54 Å². The average Bonchev–Trinajstić information content (AvgIpc) is 2.86. The van der Waals surface area contributed by atoms with Gasteiger partial charge in [-0.2, -0.15) is 0 Å². The summed E-state index contributed by atoms with van der Waals surface area (Å²) in [6.45, 7) is 5.71. The lowest BCUT2D eigenvalue weighted by atomic mass is 10.4. The van der Waals surface area contributed by atoms with Gasteiger partial charge in [-0.05, 0) is 25.9 Å². The third-order valence-corrected chi connectivity index (χ3v) is 2.67. The second-order valence-electron chi connectivity index (χ2n) is 3.80. The Bertz CT molecular complexity index is 239. The molecule has 1 fully saturated rings. The number of hydrogen-bond acceptors (Lipinski definition) is 3. The summed E-state index contributed by atoms with van der Waals surface area (Å²) in [6.07, 6.45) is 6.33. The van der Waals surface area contributed by atoms with Gasteiger partial charge in [0.25, 0.3) is 0 Å². The molecule has 0 aliphatic carbocycles. The smallest absolute Gasteiger partial charge is 0.0922 e. The fraction of sp³-hybridized carbons (Fsp3) is 0.700. The minimum atomic E-state index is 0.897. The van der Waals surface area contributed by atoms with E-state index in [1.807, 2.05) is 6.20 Å². The van der Waals surface area contributed by atoms with E-state index >= 15 is 0 Å². The zero-order valence-corrected chi connectivity index (χ0v) is 8.50. The molecule has 0 bridgehead atoms. The van der Waals surface area contributed by atoms with Gasteiger partial charge in [0.05, 0.1) is 6.33 Å². The predicted molar refractivity (Wildman–Crippen MR) is 56.0 cm³/mol. The third-order valence-electron chi connectivity index (χ3n) is 2.67. The number of imidazole rings is 1. The number of likely N-dealkylation sites (tertiary alicyclic amines) is 1. The maximum Gasteiger partial charge on any atom is 0.0922 e. The molecule has 2 rings (SSSR count). The predicted octanol–water partition coefficient (Wildman–Crippen LogP) is 0.595. The summed E-state index contributed by atoms with van der Waals surface area (Å²) in [4.78, 5) is 9.56. The highest BCUT2D eigenvalue weighted by molar-refractivity contribution is 4.92. The van der Waals surface area contributed by atoms with Crippen molar-refractivity contribution < 1.29 is 0 Å². The summed E-state index contributed by atoms with van der Waals surface area (Å²) in [5.74, 6) is 0. The summed E-state index contributed by atoms with van der Waals surface area (Å²) < 4.78 is 0. The van der Waals surface area contributed by atoms with Gasteiger partial charge >= 0.3 is 0 Å². The van der Waals surface area contributed by atoms with Crippen LogP contribution in [0.1, 0.15) is 18.5 Å². The van der Waals surface area contributed by atoms with E-state index in [2.05, 4.69) is 20.2 Å². The molecule has 1 aliphatic rings. The standard InChI is InChI=1S/C10H18N4/c1-2-5-14(4-1)6-3-11-7-10-8-12-9-13-10/h8-9,11H,1-7H2,(H,12,13). The normalized spacial score (nSPS) is 17.7. The number of rotatable bonds is 5. The van der Waals surface area contributed by atoms with Crippen LogP contribution in [-0.4, -0.2) is 41.0 Å². The van der Waals surface area contributed by atoms with Crippen molar-refractivity contribution in [3.05, 3.63) is 18.2 Å². The lowest BCUT2D eigenvalue weighted by Gasteiger charge is -2.14. The van der Waals surface area contributed by atoms with Gasteiger partial charge < -0.3 is 15.2 Å². The Balaban J connectivity index is 1.55. The fourth-order valence-electron chi connectivity index (χ4n) is 1.85. The van der Waals surface area contributed by atoms with Crippen LogP contribution in [0.2, 0.25) is 0 Å². The molecule has 2 heterocycles. The van der Waals surface area contributed by atoms with Gasteiger partial charge in [-0.1, -0.05) is 0 Å². The minimum Gasteiger partial charge on any atom is -0.347 e. The summed E-state index contributed by atoms with van der Waals surface area (Å²) >= 11 is 0. The van der Waals surface area contributed by atoms with Crippen molar-refractivity contribution in [2.75, 3.05) is 26.2 Å². The van der Waals surface area contributed by atoms with Crippen molar-refractivity contribution >= 4 is 0 Å². The molecule has 1 aromatic heterocycles. The van der Waals surface area contributed by atoms with Crippen molar-refractivity contribution in [1.82, 2.24) is 20.2 Å². The van der Waals surface area contributed by atoms with Crippen molar-refractivity contribution in [2.24, 2.45) is 0 Å². The third kappa shape index (κ3) is 2.82. The summed E-state index contributed by atoms with van der Waals surface area (Å²) in [6, 6.07) is 0. The molecule has 0 radical (unpaired) electrons. The topological polar surface area (TPSA) is 44.0 Å². The highest BCUT2D eigenvalue weighted by Gasteiger charge is 2.09. The second-order valence-corrected chi connectivity index (χ2v) is 3.80. The first kappa shape index (κ1) is 9.68. The summed E-state index contributed by atoms with van der Waals surface area (Å²) in [5.41, 5.74) is 1.16.